The number of amides is 1. The first-order valence-corrected chi connectivity index (χ1v) is 9.92. The molecule has 3 aromatic rings. The van der Waals surface area contributed by atoms with Crippen LogP contribution in [0.3, 0.4) is 0 Å². The first-order valence-electron chi connectivity index (χ1n) is 9.92. The van der Waals surface area contributed by atoms with E-state index in [2.05, 4.69) is 10.3 Å². The van der Waals surface area contributed by atoms with E-state index in [0.717, 1.165) is 21.9 Å². The first-order chi connectivity index (χ1) is 15.2. The molecule has 0 saturated heterocycles. The molecule has 2 N–H and O–H groups in total. The molecule has 9 heteroatoms. The number of ether oxygens (including phenoxy) is 1. The Labute approximate surface area is 183 Å². The van der Waals surface area contributed by atoms with Crippen molar-refractivity contribution in [3.63, 3.8) is 0 Å². The summed E-state index contributed by atoms with van der Waals surface area (Å²) in [6, 6.07) is 16.9. The second-order valence-electron chi connectivity index (χ2n) is 7.47. The van der Waals surface area contributed by atoms with Crippen molar-refractivity contribution in [3.8, 4) is 0 Å². The van der Waals surface area contributed by atoms with Gasteiger partial charge in [-0.05, 0) is 16.7 Å². The number of alkyl halides is 3. The van der Waals surface area contributed by atoms with Crippen molar-refractivity contribution in [1.29, 1.82) is 0 Å². The molecular formula is C23H24F3N3O3. The van der Waals surface area contributed by atoms with Gasteiger partial charge in [0.15, 0.2) is 5.82 Å². The standard InChI is InChI=1S/C23H24F3N3O3/c1-29-12-11-27-21(29)22(31,23(24,25)26)13-20(30)28-14-17-7-9-19(10-8-17)16-32-15-18-5-3-2-4-6-18/h2-12,31H,13-16H2,1H3,(H,28,30). The van der Waals surface area contributed by atoms with Gasteiger partial charge in [-0.25, -0.2) is 4.98 Å². The van der Waals surface area contributed by atoms with E-state index in [4.69, 9.17) is 4.74 Å². The van der Waals surface area contributed by atoms with Crippen LogP contribution in [-0.4, -0.2) is 26.7 Å². The van der Waals surface area contributed by atoms with Gasteiger partial charge in [-0.15, -0.1) is 0 Å². The number of nitrogens with one attached hydrogen (secondary N) is 1. The summed E-state index contributed by atoms with van der Waals surface area (Å²) in [5.41, 5.74) is -0.680. The number of aromatic nitrogens is 2. The molecule has 6 nitrogen and oxygen atoms in total. The molecule has 1 heterocycles. The molecule has 2 aromatic carbocycles. The summed E-state index contributed by atoms with van der Waals surface area (Å²) in [7, 11) is 1.32. The highest BCUT2D eigenvalue weighted by Gasteiger charge is 2.58. The van der Waals surface area contributed by atoms with Crippen LogP contribution in [0.25, 0.3) is 0 Å². The number of rotatable bonds is 9. The van der Waals surface area contributed by atoms with Gasteiger partial charge in [-0.2, -0.15) is 13.2 Å². The number of imidazole rings is 1. The van der Waals surface area contributed by atoms with Crippen LogP contribution < -0.4 is 5.32 Å². The van der Waals surface area contributed by atoms with Crippen LogP contribution in [0.5, 0.6) is 0 Å². The summed E-state index contributed by atoms with van der Waals surface area (Å²) in [4.78, 5) is 15.8. The van der Waals surface area contributed by atoms with Gasteiger partial charge < -0.3 is 19.7 Å². The second-order valence-corrected chi connectivity index (χ2v) is 7.47. The molecule has 0 aliphatic heterocycles. The summed E-state index contributed by atoms with van der Waals surface area (Å²) < 4.78 is 47.3. The number of nitrogens with zero attached hydrogens (tertiary/aromatic N) is 2. The number of hydrogen-bond acceptors (Lipinski definition) is 4. The SMILES string of the molecule is Cn1ccnc1C(O)(CC(=O)NCc1ccc(COCc2ccccc2)cc1)C(F)(F)F. The van der Waals surface area contributed by atoms with Crippen molar-refractivity contribution >= 4 is 5.91 Å². The van der Waals surface area contributed by atoms with Gasteiger partial charge in [-0.1, -0.05) is 54.6 Å². The number of hydrogen-bond donors (Lipinski definition) is 2. The summed E-state index contributed by atoms with van der Waals surface area (Å²) in [6.45, 7) is 0.916. The van der Waals surface area contributed by atoms with Crippen molar-refractivity contribution in [1.82, 2.24) is 14.9 Å². The minimum atomic E-state index is -5.06. The average Bonchev–Trinajstić information content (AvgIpc) is 3.19. The molecule has 0 aliphatic carbocycles. The fraction of sp³-hybridized carbons (Fsp3) is 0.304. The number of aryl methyl sites for hydroxylation is 1. The fourth-order valence-corrected chi connectivity index (χ4v) is 3.18. The topological polar surface area (TPSA) is 76.4 Å². The van der Waals surface area contributed by atoms with Crippen molar-refractivity contribution in [2.24, 2.45) is 7.05 Å². The van der Waals surface area contributed by atoms with Crippen molar-refractivity contribution in [2.75, 3.05) is 0 Å². The number of benzene rings is 2. The lowest BCUT2D eigenvalue weighted by molar-refractivity contribution is -0.271. The maximum absolute atomic E-state index is 13.5. The zero-order chi connectivity index (χ0) is 23.2. The predicted octanol–water partition coefficient (Wildman–Crippen LogP) is 3.59. The summed E-state index contributed by atoms with van der Waals surface area (Å²) >= 11 is 0. The van der Waals surface area contributed by atoms with Crippen LogP contribution in [0.2, 0.25) is 0 Å². The van der Waals surface area contributed by atoms with Crippen molar-refractivity contribution < 1.29 is 27.8 Å². The average molecular weight is 447 g/mol. The molecule has 170 valence electrons. The van der Waals surface area contributed by atoms with Crippen LogP contribution in [-0.2, 0) is 41.9 Å². The van der Waals surface area contributed by atoms with Gasteiger partial charge in [0.2, 0.25) is 11.5 Å². The lowest BCUT2D eigenvalue weighted by Crippen LogP contribution is -2.47. The highest BCUT2D eigenvalue weighted by molar-refractivity contribution is 5.77. The van der Waals surface area contributed by atoms with Gasteiger partial charge in [0.05, 0.1) is 19.6 Å². The number of halogens is 3. The summed E-state index contributed by atoms with van der Waals surface area (Å²) in [6.07, 6.45) is -3.85. The Bertz CT molecular complexity index is 1020. The van der Waals surface area contributed by atoms with Gasteiger partial charge in [-0.3, -0.25) is 4.79 Å². The van der Waals surface area contributed by atoms with Crippen LogP contribution >= 0.6 is 0 Å². The number of carbonyl (C=O) groups is 1. The molecule has 3 rings (SSSR count). The van der Waals surface area contributed by atoms with E-state index < -0.39 is 29.9 Å². The number of aliphatic hydroxyl groups is 1. The van der Waals surface area contributed by atoms with E-state index in [9.17, 15) is 23.1 Å². The normalized spacial score (nSPS) is 13.5. The number of carbonyl (C=O) groups excluding carboxylic acids is 1. The van der Waals surface area contributed by atoms with Crippen molar-refractivity contribution in [3.05, 3.63) is 89.5 Å². The molecule has 0 fully saturated rings. The monoisotopic (exact) mass is 447 g/mol. The molecule has 1 atom stereocenters. The predicted molar refractivity (Wildman–Crippen MR) is 111 cm³/mol. The van der Waals surface area contributed by atoms with Crippen LogP contribution in [0.1, 0.15) is 28.9 Å². The smallest absolute Gasteiger partial charge is 0.374 e. The Morgan fingerprint density at radius 1 is 1.03 bits per heavy atom. The Hall–Kier alpha value is -3.17. The lowest BCUT2D eigenvalue weighted by Gasteiger charge is -2.29. The first kappa shape index (κ1) is 23.5. The third kappa shape index (κ3) is 5.74. The van der Waals surface area contributed by atoms with Gasteiger partial charge >= 0.3 is 6.18 Å². The maximum atomic E-state index is 13.5. The molecule has 32 heavy (non-hydrogen) atoms. The van der Waals surface area contributed by atoms with E-state index in [1.165, 1.54) is 13.2 Å². The quantitative estimate of drug-likeness (QED) is 0.526. The lowest BCUT2D eigenvalue weighted by atomic mass is 9.97. The van der Waals surface area contributed by atoms with Crippen LogP contribution in [0, 0.1) is 0 Å². The summed E-state index contributed by atoms with van der Waals surface area (Å²) in [5, 5.41) is 12.7. The summed E-state index contributed by atoms with van der Waals surface area (Å²) in [5.74, 6) is -1.58. The molecule has 0 aliphatic rings. The Morgan fingerprint density at radius 3 is 2.19 bits per heavy atom. The van der Waals surface area contributed by atoms with Crippen molar-refractivity contribution in [2.45, 2.75) is 38.0 Å². The highest BCUT2D eigenvalue weighted by atomic mass is 19.4. The van der Waals surface area contributed by atoms with Gasteiger partial charge in [0.25, 0.3) is 0 Å². The third-order valence-electron chi connectivity index (χ3n) is 4.97. The van der Waals surface area contributed by atoms with E-state index in [1.54, 1.807) is 12.1 Å². The molecular weight excluding hydrogens is 423 g/mol. The largest absolute Gasteiger partial charge is 0.425 e. The molecule has 1 amide bonds. The van der Waals surface area contributed by atoms with Gasteiger partial charge in [0, 0.05) is 26.0 Å². The molecule has 0 radical (unpaired) electrons. The highest BCUT2D eigenvalue weighted by Crippen LogP contribution is 2.40. The van der Waals surface area contributed by atoms with Crippen LogP contribution in [0.15, 0.2) is 67.0 Å². The Kier molecular flexibility index (Phi) is 7.32. The molecule has 0 spiro atoms. The zero-order valence-electron chi connectivity index (χ0n) is 17.5. The zero-order valence-corrected chi connectivity index (χ0v) is 17.5. The molecule has 1 aromatic heterocycles. The fourth-order valence-electron chi connectivity index (χ4n) is 3.18. The van der Waals surface area contributed by atoms with E-state index in [1.807, 2.05) is 42.5 Å². The third-order valence-corrected chi connectivity index (χ3v) is 4.97. The van der Waals surface area contributed by atoms with E-state index >= 15 is 0 Å². The van der Waals surface area contributed by atoms with E-state index in [-0.39, 0.29) is 6.54 Å². The molecule has 1 unspecified atom stereocenters. The second kappa shape index (κ2) is 9.97. The van der Waals surface area contributed by atoms with E-state index in [0.29, 0.717) is 18.8 Å². The Balaban J connectivity index is 1.52. The minimum Gasteiger partial charge on any atom is -0.374 e. The Morgan fingerprint density at radius 2 is 1.62 bits per heavy atom. The van der Waals surface area contributed by atoms with Crippen LogP contribution in [0.4, 0.5) is 13.2 Å². The van der Waals surface area contributed by atoms with Gasteiger partial charge in [0.1, 0.15) is 0 Å². The minimum absolute atomic E-state index is 0.0263. The molecule has 0 bridgehead atoms. The molecule has 0 saturated carbocycles. The maximum Gasteiger partial charge on any atom is 0.425 e.